The van der Waals surface area contributed by atoms with Crippen LogP contribution in [-0.2, 0) is 32.7 Å². The van der Waals surface area contributed by atoms with Crippen LogP contribution in [0.5, 0.6) is 0 Å². The zero-order valence-corrected chi connectivity index (χ0v) is 42.3. The van der Waals surface area contributed by atoms with Crippen molar-refractivity contribution in [1.82, 2.24) is 0 Å². The minimum atomic E-state index is -4.40. The maximum atomic E-state index is 12.7. The first-order valence-electron chi connectivity index (χ1n) is 26.1. The number of hydrogen-bond acceptors (Lipinski definition) is 8. The summed E-state index contributed by atoms with van der Waals surface area (Å²) in [7, 11) is -4.40. The lowest BCUT2D eigenvalue weighted by Gasteiger charge is -2.19. The smallest absolute Gasteiger partial charge is 0.462 e. The first-order valence-corrected chi connectivity index (χ1v) is 27.6. The number of hydrogen-bond donors (Lipinski definition) is 2. The number of ether oxygens (including phenoxy) is 2. The molecule has 65 heavy (non-hydrogen) atoms. The van der Waals surface area contributed by atoms with Crippen molar-refractivity contribution in [2.45, 2.75) is 225 Å². The summed E-state index contributed by atoms with van der Waals surface area (Å²) in [5, 5.41) is 0. The van der Waals surface area contributed by atoms with E-state index in [9.17, 15) is 19.0 Å². The Morgan fingerprint density at radius 1 is 0.477 bits per heavy atom. The van der Waals surface area contributed by atoms with Crippen LogP contribution in [0.4, 0.5) is 0 Å². The second kappa shape index (κ2) is 50.6. The molecule has 0 amide bonds. The number of unbranched alkanes of at least 4 members (excludes halogenated alkanes) is 21. The van der Waals surface area contributed by atoms with Crippen molar-refractivity contribution in [2.75, 3.05) is 26.4 Å². The number of esters is 2. The summed E-state index contributed by atoms with van der Waals surface area (Å²) in [6.45, 7) is 3.59. The maximum Gasteiger partial charge on any atom is 0.472 e. The van der Waals surface area contributed by atoms with Crippen molar-refractivity contribution >= 4 is 19.8 Å². The highest BCUT2D eigenvalue weighted by Gasteiger charge is 2.26. The third kappa shape index (κ3) is 50.4. The van der Waals surface area contributed by atoms with E-state index in [1.54, 1.807) is 0 Å². The van der Waals surface area contributed by atoms with Crippen LogP contribution >= 0.6 is 7.82 Å². The van der Waals surface area contributed by atoms with Gasteiger partial charge in [0.25, 0.3) is 0 Å². The van der Waals surface area contributed by atoms with E-state index >= 15 is 0 Å². The first kappa shape index (κ1) is 62.2. The van der Waals surface area contributed by atoms with E-state index in [2.05, 4.69) is 98.9 Å². The Bertz CT molecular complexity index is 1340. The Labute approximate surface area is 398 Å². The molecule has 0 saturated carbocycles. The van der Waals surface area contributed by atoms with Crippen LogP contribution in [0.1, 0.15) is 219 Å². The minimum Gasteiger partial charge on any atom is -0.462 e. The number of carbonyl (C=O) groups excluding carboxylic acids is 2. The summed E-state index contributed by atoms with van der Waals surface area (Å²) >= 11 is 0. The molecule has 9 nitrogen and oxygen atoms in total. The highest BCUT2D eigenvalue weighted by Crippen LogP contribution is 2.43. The van der Waals surface area contributed by atoms with E-state index in [1.807, 2.05) is 0 Å². The number of rotatable bonds is 48. The van der Waals surface area contributed by atoms with E-state index in [0.29, 0.717) is 6.42 Å². The normalized spacial score (nSPS) is 13.8. The fourth-order valence-electron chi connectivity index (χ4n) is 6.93. The van der Waals surface area contributed by atoms with Crippen LogP contribution in [0.15, 0.2) is 85.1 Å². The summed E-state index contributed by atoms with van der Waals surface area (Å²) < 4.78 is 32.9. The van der Waals surface area contributed by atoms with Gasteiger partial charge < -0.3 is 20.1 Å². The molecule has 0 heterocycles. The molecule has 0 aliphatic heterocycles. The quantitative estimate of drug-likeness (QED) is 0.0265. The number of phosphoric acid groups is 1. The minimum absolute atomic E-state index is 0.0455. The van der Waals surface area contributed by atoms with E-state index in [4.69, 9.17) is 24.3 Å². The van der Waals surface area contributed by atoms with E-state index < -0.39 is 32.5 Å². The van der Waals surface area contributed by atoms with E-state index in [0.717, 1.165) is 89.9 Å². The zero-order valence-electron chi connectivity index (χ0n) is 41.4. The third-order valence-electron chi connectivity index (χ3n) is 10.8. The van der Waals surface area contributed by atoms with Crippen molar-refractivity contribution in [2.24, 2.45) is 5.73 Å². The van der Waals surface area contributed by atoms with Crippen molar-refractivity contribution < 1.29 is 37.6 Å². The van der Waals surface area contributed by atoms with Gasteiger partial charge in [0.05, 0.1) is 13.2 Å². The first-order chi connectivity index (χ1) is 31.8. The Hall–Kier alpha value is -2.81. The molecule has 2 unspecified atom stereocenters. The van der Waals surface area contributed by atoms with Gasteiger partial charge in [0.15, 0.2) is 6.10 Å². The molecule has 0 bridgehead atoms. The molecule has 10 heteroatoms. The average Bonchev–Trinajstić information content (AvgIpc) is 3.30. The van der Waals surface area contributed by atoms with Crippen molar-refractivity contribution in [3.8, 4) is 0 Å². The molecule has 0 aromatic heterocycles. The Morgan fingerprint density at radius 3 is 1.26 bits per heavy atom. The lowest BCUT2D eigenvalue weighted by atomic mass is 10.0. The largest absolute Gasteiger partial charge is 0.472 e. The number of allylic oxidation sites excluding steroid dienone is 14. The molecule has 0 aliphatic carbocycles. The molecule has 0 aromatic carbocycles. The second-order valence-corrected chi connectivity index (χ2v) is 18.5. The number of carbonyl (C=O) groups is 2. The molecule has 374 valence electrons. The molecule has 3 N–H and O–H groups in total. The van der Waals surface area contributed by atoms with E-state index in [-0.39, 0.29) is 32.6 Å². The van der Waals surface area contributed by atoms with Crippen LogP contribution in [0.25, 0.3) is 0 Å². The Kier molecular flexibility index (Phi) is 48.4. The van der Waals surface area contributed by atoms with Crippen molar-refractivity contribution in [3.05, 3.63) is 85.1 Å². The van der Waals surface area contributed by atoms with Gasteiger partial charge in [0.1, 0.15) is 6.61 Å². The highest BCUT2D eigenvalue weighted by molar-refractivity contribution is 7.47. The van der Waals surface area contributed by atoms with Crippen LogP contribution in [0.3, 0.4) is 0 Å². The SMILES string of the molecule is CC/C=C\C/C=C\C/C=C\C/C=C\C/C=C\CCCCCCCC(=O)OC(COC(=O)CCCCCCCCCCCCC/C=C\C/C=C\CCCCCCC)COP(=O)(O)OCCN. The van der Waals surface area contributed by atoms with Crippen molar-refractivity contribution in [3.63, 3.8) is 0 Å². The Morgan fingerprint density at radius 2 is 0.846 bits per heavy atom. The molecular weight excluding hydrogens is 834 g/mol. The second-order valence-electron chi connectivity index (χ2n) is 17.0. The summed E-state index contributed by atoms with van der Waals surface area (Å²) in [5.41, 5.74) is 5.37. The molecule has 0 aromatic rings. The van der Waals surface area contributed by atoms with Crippen LogP contribution < -0.4 is 5.73 Å². The molecule has 2 atom stereocenters. The van der Waals surface area contributed by atoms with Gasteiger partial charge in [-0.25, -0.2) is 4.57 Å². The van der Waals surface area contributed by atoms with Crippen molar-refractivity contribution in [1.29, 1.82) is 0 Å². The zero-order chi connectivity index (χ0) is 47.4. The highest BCUT2D eigenvalue weighted by atomic mass is 31.2. The molecular formula is C55H96NO8P. The summed E-state index contributed by atoms with van der Waals surface area (Å²) in [4.78, 5) is 35.1. The topological polar surface area (TPSA) is 134 Å². The molecule has 0 spiro atoms. The van der Waals surface area contributed by atoms with Gasteiger partial charge in [-0.2, -0.15) is 0 Å². The van der Waals surface area contributed by atoms with Gasteiger partial charge in [-0.15, -0.1) is 0 Å². The fourth-order valence-corrected chi connectivity index (χ4v) is 7.69. The van der Waals surface area contributed by atoms with Crippen LogP contribution in [0, 0.1) is 0 Å². The molecule has 0 fully saturated rings. The standard InChI is InChI=1S/C55H96NO8P/c1-3-5-7-9-11-13-15-17-19-21-23-25-26-28-29-31-33-35-37-39-41-43-45-47-54(57)61-51-53(52-63-65(59,60)62-50-49-56)64-55(58)48-46-44-42-40-38-36-34-32-30-27-24-22-20-18-16-14-12-10-8-6-4-2/h6,8,12,14-15,17-18,20-21,23-24,27,32,34,53H,3-5,7,9-11,13,16,19,22,25-26,28-31,33,35-52,56H2,1-2H3,(H,59,60)/b8-6-,14-12-,17-15-,20-18-,23-21-,27-24-,34-32-. The Balaban J connectivity index is 4.09. The number of phosphoric ester groups is 1. The lowest BCUT2D eigenvalue weighted by molar-refractivity contribution is -0.161. The molecule has 0 rings (SSSR count). The average molecular weight is 930 g/mol. The summed E-state index contributed by atoms with van der Waals surface area (Å²) in [6, 6.07) is 0. The maximum absolute atomic E-state index is 12.7. The summed E-state index contributed by atoms with van der Waals surface area (Å²) in [6.07, 6.45) is 64.7. The predicted octanol–water partition coefficient (Wildman–Crippen LogP) is 16.0. The fraction of sp³-hybridized carbons (Fsp3) is 0.709. The van der Waals surface area contributed by atoms with Gasteiger partial charge in [-0.1, -0.05) is 202 Å². The molecule has 0 radical (unpaired) electrons. The third-order valence-corrected chi connectivity index (χ3v) is 11.7. The van der Waals surface area contributed by atoms with Crippen LogP contribution in [0.2, 0.25) is 0 Å². The van der Waals surface area contributed by atoms with Gasteiger partial charge >= 0.3 is 19.8 Å². The van der Waals surface area contributed by atoms with Gasteiger partial charge in [0.2, 0.25) is 0 Å². The molecule has 0 saturated heterocycles. The van der Waals surface area contributed by atoms with Gasteiger partial charge in [0, 0.05) is 19.4 Å². The summed E-state index contributed by atoms with van der Waals surface area (Å²) in [5.74, 6) is -0.854. The van der Waals surface area contributed by atoms with Gasteiger partial charge in [-0.05, 0) is 89.9 Å². The number of nitrogens with two attached hydrogens (primary N) is 1. The van der Waals surface area contributed by atoms with E-state index in [1.165, 1.54) is 96.3 Å². The van der Waals surface area contributed by atoms with Gasteiger partial charge in [-0.3, -0.25) is 18.6 Å². The monoisotopic (exact) mass is 930 g/mol. The predicted molar refractivity (Wildman–Crippen MR) is 275 cm³/mol. The van der Waals surface area contributed by atoms with Crippen LogP contribution in [-0.4, -0.2) is 49.3 Å². The lowest BCUT2D eigenvalue weighted by Crippen LogP contribution is -2.29. The molecule has 0 aliphatic rings.